The van der Waals surface area contributed by atoms with Gasteiger partial charge in [-0.05, 0) is 36.3 Å². The number of aromatic carboxylic acids is 1. The molecule has 0 fully saturated rings. The van der Waals surface area contributed by atoms with Crippen LogP contribution in [0.25, 0.3) is 11.1 Å². The fourth-order valence-electron chi connectivity index (χ4n) is 4.16. The van der Waals surface area contributed by atoms with Gasteiger partial charge in [0.2, 0.25) is 0 Å². The van der Waals surface area contributed by atoms with Crippen LogP contribution in [0.2, 0.25) is 0 Å². The van der Waals surface area contributed by atoms with Crippen LogP contribution in [-0.4, -0.2) is 27.6 Å². The van der Waals surface area contributed by atoms with E-state index in [4.69, 9.17) is 9.52 Å². The van der Waals surface area contributed by atoms with Crippen molar-refractivity contribution in [2.24, 2.45) is 0 Å². The highest BCUT2D eigenvalue weighted by Gasteiger charge is 2.22. The molecule has 166 valence electrons. The zero-order valence-corrected chi connectivity index (χ0v) is 18.0. The molecular formula is C26H23N3O4. The first-order valence-electron chi connectivity index (χ1n) is 10.7. The average molecular weight is 441 g/mol. The van der Waals surface area contributed by atoms with Crippen molar-refractivity contribution in [2.75, 3.05) is 0 Å². The SMILES string of the molecule is C[C@H](NC(=O)c1cc2occc2n1CC1=CC=C2C=CC=CC2N1)c1ccc(C(=O)O)cc1. The van der Waals surface area contributed by atoms with E-state index in [1.165, 1.54) is 17.7 Å². The predicted molar refractivity (Wildman–Crippen MR) is 125 cm³/mol. The molecule has 1 aromatic carbocycles. The second kappa shape index (κ2) is 8.35. The van der Waals surface area contributed by atoms with Crippen molar-refractivity contribution in [1.82, 2.24) is 15.2 Å². The minimum atomic E-state index is -0.981. The number of hydrogen-bond acceptors (Lipinski definition) is 4. The summed E-state index contributed by atoms with van der Waals surface area (Å²) >= 11 is 0. The molecular weight excluding hydrogens is 418 g/mol. The van der Waals surface area contributed by atoms with Gasteiger partial charge < -0.3 is 24.7 Å². The highest BCUT2D eigenvalue weighted by molar-refractivity contribution is 5.97. The highest BCUT2D eigenvalue weighted by atomic mass is 16.4. The molecule has 33 heavy (non-hydrogen) atoms. The molecule has 2 aliphatic rings. The van der Waals surface area contributed by atoms with Gasteiger partial charge in [0.05, 0.1) is 36.0 Å². The maximum Gasteiger partial charge on any atom is 0.335 e. The molecule has 5 rings (SSSR count). The highest BCUT2D eigenvalue weighted by Crippen LogP contribution is 2.25. The van der Waals surface area contributed by atoms with Crippen molar-refractivity contribution in [2.45, 2.75) is 25.6 Å². The monoisotopic (exact) mass is 441 g/mol. The van der Waals surface area contributed by atoms with Crippen LogP contribution in [0.5, 0.6) is 0 Å². The average Bonchev–Trinajstić information content (AvgIpc) is 3.41. The lowest BCUT2D eigenvalue weighted by atomic mass is 9.98. The first-order valence-corrected chi connectivity index (χ1v) is 10.7. The molecule has 0 bridgehead atoms. The summed E-state index contributed by atoms with van der Waals surface area (Å²) in [7, 11) is 0. The fraction of sp³-hybridized carbons (Fsp3) is 0.154. The molecule has 1 unspecified atom stereocenters. The number of fused-ring (bicyclic) bond motifs is 2. The first-order chi connectivity index (χ1) is 16.0. The van der Waals surface area contributed by atoms with Crippen molar-refractivity contribution in [3.05, 3.63) is 107 Å². The molecule has 0 radical (unpaired) electrons. The molecule has 1 amide bonds. The van der Waals surface area contributed by atoms with Crippen LogP contribution < -0.4 is 10.6 Å². The van der Waals surface area contributed by atoms with E-state index in [0.717, 1.165) is 16.8 Å². The zero-order valence-electron chi connectivity index (χ0n) is 18.0. The standard InChI is InChI=1S/C26H23N3O4/c1-16(17-6-8-19(9-7-17)26(31)32)27-25(30)23-14-24-22(12-13-33-24)29(23)15-20-11-10-18-4-2-3-5-21(18)28-20/h2-14,16,21,28H,15H2,1H3,(H,27,30)(H,31,32)/t16-,21?/m0/s1. The van der Waals surface area contributed by atoms with Crippen LogP contribution >= 0.6 is 0 Å². The lowest BCUT2D eigenvalue weighted by Gasteiger charge is -2.26. The molecule has 1 aliphatic heterocycles. The summed E-state index contributed by atoms with van der Waals surface area (Å²) in [5, 5.41) is 15.6. The zero-order chi connectivity index (χ0) is 22.9. The minimum Gasteiger partial charge on any atom is -0.478 e. The number of benzene rings is 1. The Kier molecular flexibility index (Phi) is 5.22. The number of rotatable bonds is 6. The largest absolute Gasteiger partial charge is 0.478 e. The Morgan fingerprint density at radius 2 is 2.00 bits per heavy atom. The lowest BCUT2D eigenvalue weighted by molar-refractivity contribution is 0.0696. The van der Waals surface area contributed by atoms with Crippen LogP contribution in [0.3, 0.4) is 0 Å². The van der Waals surface area contributed by atoms with Gasteiger partial charge in [-0.1, -0.05) is 42.5 Å². The second-order valence-corrected chi connectivity index (χ2v) is 8.13. The third kappa shape index (κ3) is 4.01. The Bertz CT molecular complexity index is 1350. The topological polar surface area (TPSA) is 96.5 Å². The van der Waals surface area contributed by atoms with Gasteiger partial charge in [0.25, 0.3) is 5.91 Å². The smallest absolute Gasteiger partial charge is 0.335 e. The van der Waals surface area contributed by atoms with E-state index in [1.807, 2.05) is 35.8 Å². The minimum absolute atomic E-state index is 0.122. The maximum atomic E-state index is 13.2. The Balaban J connectivity index is 1.38. The number of amides is 1. The number of furan rings is 1. The Morgan fingerprint density at radius 1 is 1.18 bits per heavy atom. The van der Waals surface area contributed by atoms with E-state index < -0.39 is 5.97 Å². The third-order valence-corrected chi connectivity index (χ3v) is 5.97. The van der Waals surface area contributed by atoms with Crippen LogP contribution in [-0.2, 0) is 6.54 Å². The van der Waals surface area contributed by atoms with Gasteiger partial charge in [-0.3, -0.25) is 4.79 Å². The fourth-order valence-corrected chi connectivity index (χ4v) is 4.16. The number of dihydropyridines is 1. The van der Waals surface area contributed by atoms with Crippen LogP contribution in [0.15, 0.2) is 94.8 Å². The van der Waals surface area contributed by atoms with E-state index in [0.29, 0.717) is 17.8 Å². The number of aromatic nitrogens is 1. The van der Waals surface area contributed by atoms with E-state index in [-0.39, 0.29) is 23.6 Å². The summed E-state index contributed by atoms with van der Waals surface area (Å²) in [5.41, 5.74) is 5.20. The van der Waals surface area contributed by atoms with Crippen molar-refractivity contribution in [3.8, 4) is 0 Å². The van der Waals surface area contributed by atoms with Crippen molar-refractivity contribution >= 4 is 23.0 Å². The van der Waals surface area contributed by atoms with Crippen molar-refractivity contribution < 1.29 is 19.1 Å². The van der Waals surface area contributed by atoms with E-state index in [9.17, 15) is 9.59 Å². The number of allylic oxidation sites excluding steroid dienone is 5. The van der Waals surface area contributed by atoms with Gasteiger partial charge in [0.1, 0.15) is 5.69 Å². The number of carboxylic acids is 1. The quantitative estimate of drug-likeness (QED) is 0.529. The molecule has 2 aromatic heterocycles. The number of carbonyl (C=O) groups excluding carboxylic acids is 1. The van der Waals surface area contributed by atoms with Gasteiger partial charge in [-0.15, -0.1) is 0 Å². The van der Waals surface area contributed by atoms with Gasteiger partial charge >= 0.3 is 5.97 Å². The molecule has 7 nitrogen and oxygen atoms in total. The number of carboxylic acid groups (broad SMARTS) is 1. The van der Waals surface area contributed by atoms with Crippen LogP contribution in [0.4, 0.5) is 0 Å². The molecule has 0 saturated heterocycles. The maximum absolute atomic E-state index is 13.2. The summed E-state index contributed by atoms with van der Waals surface area (Å²) in [5.74, 6) is -1.21. The summed E-state index contributed by atoms with van der Waals surface area (Å²) in [6, 6.07) is 9.93. The molecule has 3 aromatic rings. The third-order valence-electron chi connectivity index (χ3n) is 5.97. The Hall–Kier alpha value is -4.26. The number of carbonyl (C=O) groups is 2. The van der Waals surface area contributed by atoms with E-state index >= 15 is 0 Å². The predicted octanol–water partition coefficient (Wildman–Crippen LogP) is 4.33. The second-order valence-electron chi connectivity index (χ2n) is 8.13. The summed E-state index contributed by atoms with van der Waals surface area (Å²) < 4.78 is 7.50. The molecule has 7 heteroatoms. The van der Waals surface area contributed by atoms with Crippen molar-refractivity contribution in [3.63, 3.8) is 0 Å². The normalized spacial score (nSPS) is 17.7. The van der Waals surface area contributed by atoms with Gasteiger partial charge in [0.15, 0.2) is 5.58 Å². The van der Waals surface area contributed by atoms with Crippen molar-refractivity contribution in [1.29, 1.82) is 0 Å². The summed E-state index contributed by atoms with van der Waals surface area (Å²) in [4.78, 5) is 24.3. The van der Waals surface area contributed by atoms with Gasteiger partial charge in [-0.2, -0.15) is 0 Å². The number of nitrogens with zero attached hydrogens (tertiary/aromatic N) is 1. The number of hydrogen-bond donors (Lipinski definition) is 3. The summed E-state index contributed by atoms with van der Waals surface area (Å²) in [6.07, 6.45) is 14.0. The number of nitrogens with one attached hydrogen (secondary N) is 2. The Morgan fingerprint density at radius 3 is 2.79 bits per heavy atom. The van der Waals surface area contributed by atoms with E-state index in [1.54, 1.807) is 24.5 Å². The first kappa shape index (κ1) is 20.6. The Labute approximate surface area is 190 Å². The van der Waals surface area contributed by atoms with Crippen LogP contribution in [0, 0.1) is 0 Å². The van der Waals surface area contributed by atoms with Crippen LogP contribution in [0.1, 0.15) is 39.4 Å². The van der Waals surface area contributed by atoms with Gasteiger partial charge in [0, 0.05) is 17.8 Å². The van der Waals surface area contributed by atoms with Gasteiger partial charge in [-0.25, -0.2) is 4.79 Å². The molecule has 3 N–H and O–H groups in total. The lowest BCUT2D eigenvalue weighted by Crippen LogP contribution is -2.34. The molecule has 0 saturated carbocycles. The molecule has 3 heterocycles. The summed E-state index contributed by atoms with van der Waals surface area (Å²) in [6.45, 7) is 2.36. The molecule has 2 atom stereocenters. The molecule has 0 spiro atoms. The molecule has 1 aliphatic carbocycles. The van der Waals surface area contributed by atoms with E-state index in [2.05, 4.69) is 28.9 Å².